The van der Waals surface area contributed by atoms with Crippen LogP contribution in [-0.4, -0.2) is 4.98 Å². The van der Waals surface area contributed by atoms with Gasteiger partial charge in [0.1, 0.15) is 0 Å². The summed E-state index contributed by atoms with van der Waals surface area (Å²) in [6.07, 6.45) is -2.14. The number of hydrogen-bond acceptors (Lipinski definition) is 1. The fraction of sp³-hybridized carbons (Fsp3) is 0.167. The molecule has 0 amide bonds. The van der Waals surface area contributed by atoms with Crippen molar-refractivity contribution in [3.63, 3.8) is 0 Å². The van der Waals surface area contributed by atoms with Crippen molar-refractivity contribution < 1.29 is 13.2 Å². The fourth-order valence-electron chi connectivity index (χ4n) is 0.586. The van der Waals surface area contributed by atoms with Gasteiger partial charge in [-0.1, -0.05) is 0 Å². The largest absolute Gasteiger partial charge is 0.418 e. The lowest BCUT2D eigenvalue weighted by Crippen LogP contribution is -2.07. The molecule has 5 heteroatoms. The minimum atomic E-state index is -4.29. The first-order chi connectivity index (χ1) is 5.02. The van der Waals surface area contributed by atoms with Gasteiger partial charge >= 0.3 is 6.18 Å². The molecule has 0 saturated carbocycles. The Hall–Kier alpha value is -0.330. The second kappa shape index (κ2) is 2.96. The van der Waals surface area contributed by atoms with E-state index in [0.717, 1.165) is 6.20 Å². The molecule has 0 N–H and O–H groups in total. The van der Waals surface area contributed by atoms with E-state index >= 15 is 0 Å². The highest BCUT2D eigenvalue weighted by atomic mass is 127. The molecule has 0 unspecified atom stereocenters. The summed E-state index contributed by atoms with van der Waals surface area (Å²) in [6, 6.07) is 1.32. The molecule has 0 radical (unpaired) electrons. The van der Waals surface area contributed by atoms with Crippen molar-refractivity contribution in [2.45, 2.75) is 6.18 Å². The quantitative estimate of drug-likeness (QED) is 0.662. The third kappa shape index (κ3) is 2.05. The highest BCUT2D eigenvalue weighted by molar-refractivity contribution is 14.1. The predicted octanol–water partition coefficient (Wildman–Crippen LogP) is 2.71. The molecule has 1 aromatic rings. The molecule has 0 aliphatic rings. The lowest BCUT2D eigenvalue weighted by molar-refractivity contribution is -0.138. The number of halogens is 4. The van der Waals surface area contributed by atoms with Gasteiger partial charge in [0.05, 0.1) is 5.56 Å². The van der Waals surface area contributed by atoms with Crippen LogP contribution in [0.5, 0.6) is 0 Å². The normalized spacial score (nSPS) is 11.6. The Balaban J connectivity index is 3.14. The highest BCUT2D eigenvalue weighted by Gasteiger charge is 2.32. The third-order valence-electron chi connectivity index (χ3n) is 1.07. The van der Waals surface area contributed by atoms with Gasteiger partial charge in [0.15, 0.2) is 0 Å². The molecule has 60 valence electrons. The van der Waals surface area contributed by atoms with Crippen LogP contribution in [0.15, 0.2) is 18.5 Å². The van der Waals surface area contributed by atoms with Crippen molar-refractivity contribution in [2.75, 3.05) is 0 Å². The van der Waals surface area contributed by atoms with Crippen LogP contribution in [0.4, 0.5) is 13.2 Å². The number of rotatable bonds is 0. The number of aromatic nitrogens is 1. The van der Waals surface area contributed by atoms with E-state index in [1.54, 1.807) is 22.6 Å². The van der Waals surface area contributed by atoms with Gasteiger partial charge in [0, 0.05) is 16.0 Å². The van der Waals surface area contributed by atoms with Crippen LogP contribution in [0.1, 0.15) is 5.56 Å². The van der Waals surface area contributed by atoms with Crippen molar-refractivity contribution in [2.24, 2.45) is 0 Å². The Kier molecular flexibility index (Phi) is 2.36. The van der Waals surface area contributed by atoms with E-state index < -0.39 is 11.7 Å². The Labute approximate surface area is 74.8 Å². The SMILES string of the molecule is FC(F)(F)c1cnccc1I. The Morgan fingerprint density at radius 3 is 2.36 bits per heavy atom. The number of hydrogen-bond donors (Lipinski definition) is 0. The van der Waals surface area contributed by atoms with Crippen molar-refractivity contribution in [3.05, 3.63) is 27.6 Å². The van der Waals surface area contributed by atoms with E-state index in [1.165, 1.54) is 12.3 Å². The maximum Gasteiger partial charge on any atom is 0.418 e. The minimum absolute atomic E-state index is 0.171. The number of nitrogens with zero attached hydrogens (tertiary/aromatic N) is 1. The van der Waals surface area contributed by atoms with Crippen LogP contribution >= 0.6 is 22.6 Å². The second-order valence-electron chi connectivity index (χ2n) is 1.85. The first-order valence-electron chi connectivity index (χ1n) is 2.68. The molecular formula is C6H3F3IN. The molecule has 0 aliphatic heterocycles. The van der Waals surface area contributed by atoms with Crippen molar-refractivity contribution in [1.29, 1.82) is 0 Å². The molecule has 1 rings (SSSR count). The highest BCUT2D eigenvalue weighted by Crippen LogP contribution is 2.31. The molecule has 0 saturated heterocycles. The maximum absolute atomic E-state index is 12.0. The van der Waals surface area contributed by atoms with Gasteiger partial charge < -0.3 is 0 Å². The van der Waals surface area contributed by atoms with E-state index in [2.05, 4.69) is 4.98 Å². The van der Waals surface area contributed by atoms with E-state index in [-0.39, 0.29) is 3.57 Å². The van der Waals surface area contributed by atoms with Gasteiger partial charge in [-0.15, -0.1) is 0 Å². The van der Waals surface area contributed by atoms with Crippen LogP contribution < -0.4 is 0 Å². The average molecular weight is 273 g/mol. The summed E-state index contributed by atoms with van der Waals surface area (Å²) in [5.41, 5.74) is -0.680. The third-order valence-corrected chi connectivity index (χ3v) is 2.01. The second-order valence-corrected chi connectivity index (χ2v) is 3.02. The van der Waals surface area contributed by atoms with Crippen molar-refractivity contribution in [1.82, 2.24) is 4.98 Å². The van der Waals surface area contributed by atoms with Gasteiger partial charge in [-0.2, -0.15) is 13.2 Å². The first-order valence-corrected chi connectivity index (χ1v) is 3.76. The van der Waals surface area contributed by atoms with E-state index in [4.69, 9.17) is 0 Å². The van der Waals surface area contributed by atoms with Gasteiger partial charge in [0.25, 0.3) is 0 Å². The van der Waals surface area contributed by atoms with E-state index in [1.807, 2.05) is 0 Å². The molecular weight excluding hydrogens is 270 g/mol. The zero-order chi connectivity index (χ0) is 8.48. The van der Waals surface area contributed by atoms with Gasteiger partial charge in [-0.05, 0) is 28.7 Å². The minimum Gasteiger partial charge on any atom is -0.264 e. The topological polar surface area (TPSA) is 12.9 Å². The van der Waals surface area contributed by atoms with Crippen LogP contribution in [-0.2, 0) is 6.18 Å². The summed E-state index contributed by atoms with van der Waals surface area (Å²) in [6.45, 7) is 0. The molecule has 1 aromatic heterocycles. The van der Waals surface area contributed by atoms with Crippen LogP contribution in [0.2, 0.25) is 0 Å². The van der Waals surface area contributed by atoms with Crippen molar-refractivity contribution >= 4 is 22.6 Å². The summed E-state index contributed by atoms with van der Waals surface area (Å²) >= 11 is 1.63. The summed E-state index contributed by atoms with van der Waals surface area (Å²) in [5.74, 6) is 0. The van der Waals surface area contributed by atoms with Crippen molar-refractivity contribution in [3.8, 4) is 0 Å². The predicted molar refractivity (Wildman–Crippen MR) is 42.0 cm³/mol. The van der Waals surface area contributed by atoms with Gasteiger partial charge in [-0.3, -0.25) is 4.98 Å². The first kappa shape index (κ1) is 8.76. The molecule has 0 aliphatic carbocycles. The van der Waals surface area contributed by atoms with Crippen LogP contribution in [0.3, 0.4) is 0 Å². The fourth-order valence-corrected chi connectivity index (χ4v) is 1.19. The zero-order valence-corrected chi connectivity index (χ0v) is 7.35. The lowest BCUT2D eigenvalue weighted by atomic mass is 10.3. The molecule has 11 heavy (non-hydrogen) atoms. The number of pyridine rings is 1. The monoisotopic (exact) mass is 273 g/mol. The van der Waals surface area contributed by atoms with Gasteiger partial charge in [0.2, 0.25) is 0 Å². The average Bonchev–Trinajstić information content (AvgIpc) is 1.86. The molecule has 1 heterocycles. The van der Waals surface area contributed by atoms with Crippen LogP contribution in [0, 0.1) is 3.57 Å². The lowest BCUT2D eigenvalue weighted by Gasteiger charge is -2.06. The molecule has 0 spiro atoms. The molecule has 0 aromatic carbocycles. The summed E-state index contributed by atoms with van der Waals surface area (Å²) in [7, 11) is 0. The molecule has 0 bridgehead atoms. The van der Waals surface area contributed by atoms with Gasteiger partial charge in [-0.25, -0.2) is 0 Å². The zero-order valence-electron chi connectivity index (χ0n) is 5.19. The summed E-state index contributed by atoms with van der Waals surface area (Å²) < 4.78 is 36.2. The smallest absolute Gasteiger partial charge is 0.264 e. The standard InChI is InChI=1S/C6H3F3IN/c7-6(8,9)4-3-11-2-1-5(4)10/h1-3H. The molecule has 0 atom stereocenters. The number of alkyl halides is 3. The Morgan fingerprint density at radius 1 is 1.36 bits per heavy atom. The molecule has 0 fully saturated rings. The Morgan fingerprint density at radius 2 is 2.00 bits per heavy atom. The molecule has 1 nitrogen and oxygen atoms in total. The van der Waals surface area contributed by atoms with E-state index in [9.17, 15) is 13.2 Å². The Bertz CT molecular complexity index is 258. The van der Waals surface area contributed by atoms with E-state index in [0.29, 0.717) is 0 Å². The summed E-state index contributed by atoms with van der Waals surface area (Å²) in [5, 5.41) is 0. The summed E-state index contributed by atoms with van der Waals surface area (Å²) in [4.78, 5) is 3.39. The maximum atomic E-state index is 12.0. The van der Waals surface area contributed by atoms with Crippen LogP contribution in [0.25, 0.3) is 0 Å².